The van der Waals surface area contributed by atoms with Gasteiger partial charge < -0.3 is 29.7 Å². The molecule has 1 saturated carbocycles. The Balaban J connectivity index is 2.05. The highest BCUT2D eigenvalue weighted by Gasteiger charge is 2.42. The summed E-state index contributed by atoms with van der Waals surface area (Å²) in [6.45, 7) is 1.09. The van der Waals surface area contributed by atoms with Gasteiger partial charge in [0, 0.05) is 34.2 Å². The molecular formula is C21H34N4O4. The van der Waals surface area contributed by atoms with Crippen LogP contribution in [-0.2, 0) is 11.3 Å². The summed E-state index contributed by atoms with van der Waals surface area (Å²) in [5.41, 5.74) is 0.607. The van der Waals surface area contributed by atoms with E-state index in [0.29, 0.717) is 36.3 Å². The lowest BCUT2D eigenvalue weighted by molar-refractivity contribution is -0.138. The Bertz CT molecular complexity index is 702. The first-order valence-corrected chi connectivity index (χ1v) is 9.86. The van der Waals surface area contributed by atoms with Crippen molar-refractivity contribution in [2.75, 3.05) is 49.0 Å². The molecule has 29 heavy (non-hydrogen) atoms. The average Bonchev–Trinajstić information content (AvgIpc) is 3.22. The fraction of sp³-hybridized carbons (Fsp3) is 0.619. The van der Waals surface area contributed by atoms with E-state index < -0.39 is 0 Å². The first kappa shape index (κ1) is 22.6. The van der Waals surface area contributed by atoms with Crippen molar-refractivity contribution in [3.8, 4) is 17.2 Å². The minimum absolute atomic E-state index is 0.183. The highest BCUT2D eigenvalue weighted by Crippen LogP contribution is 2.39. The van der Waals surface area contributed by atoms with Crippen LogP contribution >= 0.6 is 0 Å². The number of carbonyl (C=O) groups excluding carboxylic acids is 1. The quantitative estimate of drug-likeness (QED) is 0.508. The molecular weight excluding hydrogens is 372 g/mol. The van der Waals surface area contributed by atoms with Crippen molar-refractivity contribution >= 4 is 11.9 Å². The number of guanidine groups is 1. The maximum Gasteiger partial charge on any atom is 0.230 e. The molecule has 8 heteroatoms. The van der Waals surface area contributed by atoms with Crippen LogP contribution in [0.3, 0.4) is 0 Å². The van der Waals surface area contributed by atoms with E-state index in [-0.39, 0.29) is 11.3 Å². The lowest BCUT2D eigenvalue weighted by Gasteiger charge is -2.31. The Morgan fingerprint density at radius 2 is 1.66 bits per heavy atom. The third-order valence-corrected chi connectivity index (χ3v) is 5.42. The van der Waals surface area contributed by atoms with Crippen molar-refractivity contribution < 1.29 is 19.0 Å². The zero-order chi connectivity index (χ0) is 21.4. The van der Waals surface area contributed by atoms with E-state index in [1.165, 1.54) is 0 Å². The molecule has 162 valence electrons. The van der Waals surface area contributed by atoms with Crippen LogP contribution in [0.15, 0.2) is 17.1 Å². The highest BCUT2D eigenvalue weighted by atomic mass is 16.5. The molecule has 0 heterocycles. The Morgan fingerprint density at radius 1 is 1.07 bits per heavy atom. The van der Waals surface area contributed by atoms with Crippen LogP contribution in [0.4, 0.5) is 0 Å². The SMILES string of the molecule is CN=C(NCc1cc(OC)c(OC)c(OC)c1)NCC1(C(=O)N(C)C)CCCC1. The highest BCUT2D eigenvalue weighted by molar-refractivity contribution is 5.85. The van der Waals surface area contributed by atoms with Crippen LogP contribution in [0.5, 0.6) is 17.2 Å². The van der Waals surface area contributed by atoms with Crippen LogP contribution in [-0.4, -0.2) is 65.8 Å². The smallest absolute Gasteiger partial charge is 0.230 e. The van der Waals surface area contributed by atoms with E-state index in [1.807, 2.05) is 26.2 Å². The molecule has 2 N–H and O–H groups in total. The third kappa shape index (κ3) is 5.25. The summed E-state index contributed by atoms with van der Waals surface area (Å²) in [4.78, 5) is 18.7. The predicted octanol–water partition coefficient (Wildman–Crippen LogP) is 2.03. The Hall–Kier alpha value is -2.64. The molecule has 1 aromatic rings. The predicted molar refractivity (Wildman–Crippen MR) is 114 cm³/mol. The van der Waals surface area contributed by atoms with Crippen LogP contribution in [0.1, 0.15) is 31.2 Å². The van der Waals surface area contributed by atoms with E-state index in [4.69, 9.17) is 14.2 Å². The number of nitrogens with one attached hydrogen (secondary N) is 2. The Kier molecular flexibility index (Phi) is 7.99. The van der Waals surface area contributed by atoms with Gasteiger partial charge in [-0.1, -0.05) is 12.8 Å². The van der Waals surface area contributed by atoms with Crippen molar-refractivity contribution in [1.82, 2.24) is 15.5 Å². The largest absolute Gasteiger partial charge is 0.493 e. The Morgan fingerprint density at radius 3 is 2.10 bits per heavy atom. The molecule has 0 atom stereocenters. The van der Waals surface area contributed by atoms with Crippen LogP contribution in [0, 0.1) is 5.41 Å². The standard InChI is InChI=1S/C21H34N4O4/c1-22-20(24-14-21(9-7-8-10-21)19(26)25(2)3)23-13-15-11-16(27-4)18(29-6)17(12-15)28-5/h11-12H,7-10,13-14H2,1-6H3,(H2,22,23,24). The zero-order valence-corrected chi connectivity index (χ0v) is 18.4. The summed E-state index contributed by atoms with van der Waals surface area (Å²) in [6.07, 6.45) is 3.97. The van der Waals surface area contributed by atoms with E-state index >= 15 is 0 Å². The number of hydrogen-bond acceptors (Lipinski definition) is 5. The molecule has 0 unspecified atom stereocenters. The molecule has 1 aliphatic rings. The number of carbonyl (C=O) groups is 1. The normalized spacial score (nSPS) is 15.6. The lowest BCUT2D eigenvalue weighted by Crippen LogP contribution is -2.49. The van der Waals surface area contributed by atoms with Gasteiger partial charge in [-0.05, 0) is 30.5 Å². The van der Waals surface area contributed by atoms with Gasteiger partial charge in [-0.15, -0.1) is 0 Å². The molecule has 2 rings (SSSR count). The second kappa shape index (κ2) is 10.2. The second-order valence-corrected chi connectivity index (χ2v) is 7.50. The van der Waals surface area contributed by atoms with Crippen molar-refractivity contribution in [3.05, 3.63) is 17.7 Å². The molecule has 1 aliphatic carbocycles. The topological polar surface area (TPSA) is 84.4 Å². The number of hydrogen-bond donors (Lipinski definition) is 2. The number of amides is 1. The molecule has 0 radical (unpaired) electrons. The Labute approximate surface area is 173 Å². The minimum Gasteiger partial charge on any atom is -0.493 e. The number of nitrogens with zero attached hydrogens (tertiary/aromatic N) is 2. The molecule has 1 amide bonds. The number of aliphatic imine (C=N–C) groups is 1. The summed E-state index contributed by atoms with van der Waals surface area (Å²) < 4.78 is 16.2. The first-order valence-electron chi connectivity index (χ1n) is 9.86. The molecule has 1 aromatic carbocycles. The molecule has 0 saturated heterocycles. The fourth-order valence-corrected chi connectivity index (χ4v) is 3.89. The maximum absolute atomic E-state index is 12.7. The molecule has 0 aromatic heterocycles. The summed E-state index contributed by atoms with van der Waals surface area (Å²) in [6, 6.07) is 3.80. The van der Waals surface area contributed by atoms with Gasteiger partial charge in [0.2, 0.25) is 11.7 Å². The van der Waals surface area contributed by atoms with Gasteiger partial charge in [-0.2, -0.15) is 0 Å². The van der Waals surface area contributed by atoms with Crippen molar-refractivity contribution in [3.63, 3.8) is 0 Å². The molecule has 8 nitrogen and oxygen atoms in total. The van der Waals surface area contributed by atoms with Crippen molar-refractivity contribution in [1.29, 1.82) is 0 Å². The third-order valence-electron chi connectivity index (χ3n) is 5.42. The number of rotatable bonds is 8. The van der Waals surface area contributed by atoms with Gasteiger partial charge in [0.25, 0.3) is 0 Å². The van der Waals surface area contributed by atoms with Crippen LogP contribution < -0.4 is 24.8 Å². The second-order valence-electron chi connectivity index (χ2n) is 7.50. The van der Waals surface area contributed by atoms with Gasteiger partial charge in [0.1, 0.15) is 0 Å². The number of benzene rings is 1. The van der Waals surface area contributed by atoms with Gasteiger partial charge in [0.15, 0.2) is 17.5 Å². The minimum atomic E-state index is -0.353. The first-order chi connectivity index (χ1) is 13.9. The average molecular weight is 407 g/mol. The van der Waals surface area contributed by atoms with Gasteiger partial charge in [0.05, 0.1) is 26.7 Å². The maximum atomic E-state index is 12.7. The summed E-state index contributed by atoms with van der Waals surface area (Å²) >= 11 is 0. The fourth-order valence-electron chi connectivity index (χ4n) is 3.89. The van der Waals surface area contributed by atoms with E-state index in [9.17, 15) is 4.79 Å². The monoisotopic (exact) mass is 406 g/mol. The number of methoxy groups -OCH3 is 3. The summed E-state index contributed by atoms with van der Waals surface area (Å²) in [5, 5.41) is 6.64. The molecule has 0 aliphatic heterocycles. The lowest BCUT2D eigenvalue weighted by atomic mass is 9.84. The van der Waals surface area contributed by atoms with Crippen LogP contribution in [0.25, 0.3) is 0 Å². The molecule has 0 bridgehead atoms. The van der Waals surface area contributed by atoms with Crippen LogP contribution in [0.2, 0.25) is 0 Å². The van der Waals surface area contributed by atoms with Crippen molar-refractivity contribution in [2.24, 2.45) is 10.4 Å². The summed E-state index contributed by atoms with van der Waals surface area (Å²) in [7, 11) is 10.1. The molecule has 0 spiro atoms. The zero-order valence-electron chi connectivity index (χ0n) is 18.4. The van der Waals surface area contributed by atoms with E-state index in [2.05, 4.69) is 15.6 Å². The number of ether oxygens (including phenoxy) is 3. The van der Waals surface area contributed by atoms with E-state index in [1.54, 1.807) is 33.3 Å². The van der Waals surface area contributed by atoms with Gasteiger partial charge in [-0.25, -0.2) is 0 Å². The van der Waals surface area contributed by atoms with Gasteiger partial charge in [-0.3, -0.25) is 9.79 Å². The van der Waals surface area contributed by atoms with E-state index in [0.717, 1.165) is 31.2 Å². The molecule has 1 fully saturated rings. The summed E-state index contributed by atoms with van der Waals surface area (Å²) in [5.74, 6) is 2.60. The van der Waals surface area contributed by atoms with Crippen molar-refractivity contribution in [2.45, 2.75) is 32.2 Å². The van der Waals surface area contributed by atoms with Gasteiger partial charge >= 0.3 is 0 Å².